The molecule has 4 aliphatic carbocycles. The summed E-state index contributed by atoms with van der Waals surface area (Å²) in [7, 11) is 0. The minimum absolute atomic E-state index is 0.187. The number of rotatable bonds is 6. The molecule has 0 radical (unpaired) electrons. The first-order valence-electron chi connectivity index (χ1n) is 9.24. The Morgan fingerprint density at radius 1 is 1.20 bits per heavy atom. The van der Waals surface area contributed by atoms with Crippen LogP contribution in [0.1, 0.15) is 44.1 Å². The molecule has 0 unspecified atom stereocenters. The van der Waals surface area contributed by atoms with Gasteiger partial charge in [0.25, 0.3) is 5.91 Å². The number of carbonyl (C=O) groups excluding carboxylic acids is 2. The summed E-state index contributed by atoms with van der Waals surface area (Å²) in [5, 5.41) is 6.92. The quantitative estimate of drug-likeness (QED) is 0.623. The van der Waals surface area contributed by atoms with Crippen molar-refractivity contribution < 1.29 is 14.3 Å². The minimum atomic E-state index is -0.476. The number of hydrogen-bond acceptors (Lipinski definition) is 4. The average molecular weight is 359 g/mol. The lowest BCUT2D eigenvalue weighted by Crippen LogP contribution is -2.51. The Labute approximate surface area is 152 Å². The zero-order valence-corrected chi connectivity index (χ0v) is 15.2. The summed E-state index contributed by atoms with van der Waals surface area (Å²) in [5.41, 5.74) is 1.28. The van der Waals surface area contributed by atoms with Crippen molar-refractivity contribution in [2.45, 2.75) is 38.5 Å². The van der Waals surface area contributed by atoms with Gasteiger partial charge in [-0.2, -0.15) is 11.3 Å². The third kappa shape index (κ3) is 3.97. The van der Waals surface area contributed by atoms with Crippen molar-refractivity contribution in [3.8, 4) is 0 Å². The normalized spacial score (nSPS) is 32.9. The van der Waals surface area contributed by atoms with Gasteiger partial charge < -0.3 is 10.1 Å². The molecule has 25 heavy (non-hydrogen) atoms. The van der Waals surface area contributed by atoms with Gasteiger partial charge in [0.1, 0.15) is 0 Å². The first kappa shape index (κ1) is 16.8. The first-order chi connectivity index (χ1) is 12.1. The number of nitrogens with one attached hydrogen (secondary N) is 1. The van der Waals surface area contributed by atoms with Crippen LogP contribution >= 0.6 is 11.3 Å². The Kier molecular flexibility index (Phi) is 4.67. The minimum Gasteiger partial charge on any atom is -0.452 e. The molecule has 1 amide bonds. The Morgan fingerprint density at radius 2 is 1.88 bits per heavy atom. The molecule has 1 N–H and O–H groups in total. The molecule has 0 aromatic carbocycles. The summed E-state index contributed by atoms with van der Waals surface area (Å²) in [4.78, 5) is 23.7. The van der Waals surface area contributed by atoms with Crippen molar-refractivity contribution in [1.82, 2.24) is 5.32 Å². The standard InChI is InChI=1S/C20H25NO3S/c22-18(11-24-19(23)2-1-14-3-4-25-12-14)21-13-20-8-15-5-16(9-20)7-17(6-15)10-20/h1-4,12,15-17H,5-11,13H2,(H,21,22)/b2-1+. The Hall–Kier alpha value is -1.62. The van der Waals surface area contributed by atoms with E-state index >= 15 is 0 Å². The van der Waals surface area contributed by atoms with Crippen molar-refractivity contribution in [1.29, 1.82) is 0 Å². The molecule has 4 bridgehead atoms. The van der Waals surface area contributed by atoms with E-state index in [9.17, 15) is 9.59 Å². The lowest BCUT2D eigenvalue weighted by Gasteiger charge is -2.56. The zero-order chi connectivity index (χ0) is 17.3. The molecule has 1 heterocycles. The molecule has 0 atom stereocenters. The van der Waals surface area contributed by atoms with E-state index in [0.29, 0.717) is 5.41 Å². The highest BCUT2D eigenvalue weighted by atomic mass is 32.1. The molecule has 134 valence electrons. The van der Waals surface area contributed by atoms with E-state index in [0.717, 1.165) is 29.9 Å². The second kappa shape index (κ2) is 6.94. The van der Waals surface area contributed by atoms with Crippen LogP contribution in [-0.2, 0) is 14.3 Å². The lowest BCUT2D eigenvalue weighted by atomic mass is 9.49. The smallest absolute Gasteiger partial charge is 0.331 e. The highest BCUT2D eigenvalue weighted by Crippen LogP contribution is 2.59. The van der Waals surface area contributed by atoms with Crippen LogP contribution in [-0.4, -0.2) is 25.0 Å². The van der Waals surface area contributed by atoms with Gasteiger partial charge in [0, 0.05) is 12.6 Å². The molecule has 0 spiro atoms. The van der Waals surface area contributed by atoms with Gasteiger partial charge >= 0.3 is 5.97 Å². The SMILES string of the molecule is O=C(COC(=O)/C=C/c1ccsc1)NCC12CC3CC(CC(C3)C1)C2. The van der Waals surface area contributed by atoms with Gasteiger partial charge in [0.15, 0.2) is 6.61 Å². The third-order valence-electron chi connectivity index (χ3n) is 6.13. The Morgan fingerprint density at radius 3 is 2.48 bits per heavy atom. The van der Waals surface area contributed by atoms with E-state index in [1.165, 1.54) is 44.6 Å². The summed E-state index contributed by atoms with van der Waals surface area (Å²) in [6.07, 6.45) is 11.1. The largest absolute Gasteiger partial charge is 0.452 e. The number of ether oxygens (including phenoxy) is 1. The molecule has 0 saturated heterocycles. The molecule has 1 aromatic heterocycles. The molecule has 4 aliphatic rings. The van der Waals surface area contributed by atoms with Gasteiger partial charge in [0.2, 0.25) is 0 Å². The van der Waals surface area contributed by atoms with Crippen LogP contribution in [0.15, 0.2) is 22.9 Å². The van der Waals surface area contributed by atoms with Gasteiger partial charge in [-0.3, -0.25) is 4.79 Å². The molecular formula is C20H25NO3S. The van der Waals surface area contributed by atoms with Crippen LogP contribution in [0.2, 0.25) is 0 Å². The molecule has 4 nitrogen and oxygen atoms in total. The Bertz CT molecular complexity index is 629. The zero-order valence-electron chi connectivity index (χ0n) is 14.4. The van der Waals surface area contributed by atoms with Crippen LogP contribution in [0.25, 0.3) is 6.08 Å². The number of amides is 1. The molecule has 4 saturated carbocycles. The van der Waals surface area contributed by atoms with Crippen LogP contribution in [0.5, 0.6) is 0 Å². The van der Waals surface area contributed by atoms with Crippen LogP contribution in [0, 0.1) is 23.2 Å². The van der Waals surface area contributed by atoms with Gasteiger partial charge in [-0.15, -0.1) is 0 Å². The third-order valence-corrected chi connectivity index (χ3v) is 6.83. The first-order valence-corrected chi connectivity index (χ1v) is 10.2. The maximum atomic E-state index is 12.1. The Balaban J connectivity index is 1.21. The summed E-state index contributed by atoms with van der Waals surface area (Å²) in [5.74, 6) is 1.97. The molecule has 5 heteroatoms. The van der Waals surface area contributed by atoms with Crippen LogP contribution < -0.4 is 5.32 Å². The molecule has 5 rings (SSSR count). The second-order valence-corrected chi connectivity index (χ2v) is 8.97. The lowest BCUT2D eigenvalue weighted by molar-refractivity contribution is -0.144. The maximum absolute atomic E-state index is 12.1. The molecular weight excluding hydrogens is 334 g/mol. The van der Waals surface area contributed by atoms with Gasteiger partial charge in [0.05, 0.1) is 0 Å². The molecule has 0 aliphatic heterocycles. The van der Waals surface area contributed by atoms with E-state index < -0.39 is 5.97 Å². The van der Waals surface area contributed by atoms with E-state index in [-0.39, 0.29) is 12.5 Å². The summed E-state index contributed by atoms with van der Waals surface area (Å²) in [6.45, 7) is 0.552. The summed E-state index contributed by atoms with van der Waals surface area (Å²) < 4.78 is 5.04. The van der Waals surface area contributed by atoms with Gasteiger partial charge in [-0.25, -0.2) is 4.79 Å². The van der Waals surface area contributed by atoms with Gasteiger partial charge in [-0.1, -0.05) is 0 Å². The van der Waals surface area contributed by atoms with Crippen molar-refractivity contribution in [3.05, 3.63) is 28.5 Å². The fourth-order valence-electron chi connectivity index (χ4n) is 5.56. The highest BCUT2D eigenvalue weighted by Gasteiger charge is 2.50. The van der Waals surface area contributed by atoms with Gasteiger partial charge in [-0.05, 0) is 90.2 Å². The van der Waals surface area contributed by atoms with Crippen molar-refractivity contribution in [2.75, 3.05) is 13.2 Å². The van der Waals surface area contributed by atoms with Crippen molar-refractivity contribution in [3.63, 3.8) is 0 Å². The number of thiophene rings is 1. The average Bonchev–Trinajstić information content (AvgIpc) is 3.09. The molecule has 1 aromatic rings. The van der Waals surface area contributed by atoms with E-state index in [1.54, 1.807) is 17.4 Å². The predicted octanol–water partition coefficient (Wildman–Crippen LogP) is 3.64. The number of hydrogen-bond donors (Lipinski definition) is 1. The highest BCUT2D eigenvalue weighted by molar-refractivity contribution is 7.08. The van der Waals surface area contributed by atoms with Crippen molar-refractivity contribution >= 4 is 29.3 Å². The molecule has 4 fully saturated rings. The van der Waals surface area contributed by atoms with Crippen molar-refractivity contribution in [2.24, 2.45) is 23.2 Å². The fourth-order valence-corrected chi connectivity index (χ4v) is 6.19. The monoisotopic (exact) mass is 359 g/mol. The second-order valence-electron chi connectivity index (χ2n) is 8.19. The maximum Gasteiger partial charge on any atom is 0.331 e. The summed E-state index contributed by atoms with van der Waals surface area (Å²) >= 11 is 1.57. The summed E-state index contributed by atoms with van der Waals surface area (Å²) in [6, 6.07) is 1.92. The van der Waals surface area contributed by atoms with E-state index in [2.05, 4.69) is 5.32 Å². The predicted molar refractivity (Wildman–Crippen MR) is 97.9 cm³/mol. The number of esters is 1. The topological polar surface area (TPSA) is 55.4 Å². The van der Waals surface area contributed by atoms with Crippen LogP contribution in [0.4, 0.5) is 0 Å². The van der Waals surface area contributed by atoms with Crippen LogP contribution in [0.3, 0.4) is 0 Å². The van der Waals surface area contributed by atoms with E-state index in [1.807, 2.05) is 16.8 Å². The van der Waals surface area contributed by atoms with E-state index in [4.69, 9.17) is 4.74 Å². The fraction of sp³-hybridized carbons (Fsp3) is 0.600. The number of carbonyl (C=O) groups is 2.